The van der Waals surface area contributed by atoms with Crippen molar-refractivity contribution in [3.05, 3.63) is 66.6 Å². The van der Waals surface area contributed by atoms with Gasteiger partial charge in [-0.25, -0.2) is 14.2 Å². The summed E-state index contributed by atoms with van der Waals surface area (Å²) in [5.41, 5.74) is -4.20. The molecule has 0 aliphatic rings. The van der Waals surface area contributed by atoms with Crippen molar-refractivity contribution in [2.24, 2.45) is 7.05 Å². The molecule has 13 heteroatoms. The Labute approximate surface area is 195 Å². The van der Waals surface area contributed by atoms with Crippen molar-refractivity contribution in [3.63, 3.8) is 0 Å². The predicted molar refractivity (Wildman–Crippen MR) is 114 cm³/mol. The van der Waals surface area contributed by atoms with E-state index in [4.69, 9.17) is 37.4 Å². The highest BCUT2D eigenvalue weighted by atomic mass is 35.5. The summed E-state index contributed by atoms with van der Waals surface area (Å²) < 4.78 is 55.5. The Bertz CT molecular complexity index is 1200. The molecule has 1 aromatic heterocycles. The number of halogens is 5. The van der Waals surface area contributed by atoms with Crippen LogP contribution in [0.1, 0.15) is 19.5 Å². The van der Waals surface area contributed by atoms with Crippen LogP contribution >= 0.6 is 23.2 Å². The van der Waals surface area contributed by atoms with E-state index < -0.39 is 29.1 Å². The molecule has 0 radical (unpaired) electrons. The number of alkyl halides is 3. The van der Waals surface area contributed by atoms with E-state index >= 15 is 0 Å². The Balaban J connectivity index is 2.48. The highest BCUT2D eigenvalue weighted by molar-refractivity contribution is 6.36. The first kappa shape index (κ1) is 26.3. The molecule has 33 heavy (non-hydrogen) atoms. The quantitative estimate of drug-likeness (QED) is 0.320. The summed E-state index contributed by atoms with van der Waals surface area (Å²) in [4.78, 5) is 36.7. The van der Waals surface area contributed by atoms with Crippen molar-refractivity contribution in [1.82, 2.24) is 9.13 Å². The smallest absolute Gasteiger partial charge is 0.431 e. The van der Waals surface area contributed by atoms with Gasteiger partial charge < -0.3 is 14.2 Å². The van der Waals surface area contributed by atoms with E-state index in [0.717, 1.165) is 25.3 Å². The lowest BCUT2D eigenvalue weighted by molar-refractivity contribution is -0.144. The summed E-state index contributed by atoms with van der Waals surface area (Å²) in [7, 11) is 2.16. The number of ether oxygens (including phenoxy) is 3. The summed E-state index contributed by atoms with van der Waals surface area (Å²) >= 11 is 12.2. The normalized spacial score (nSPS) is 12.1. The SMILES string of the molecule is CO/C(=C/C(=O)OC(C)C)COc1cc(-n2c(=O)cc(C(F)(F)F)n(C)c2=O)c(Cl)cc1Cl. The third kappa shape index (κ3) is 6.32. The maximum atomic E-state index is 13.1. The summed E-state index contributed by atoms with van der Waals surface area (Å²) in [6.07, 6.45) is -4.21. The van der Waals surface area contributed by atoms with Crippen molar-refractivity contribution in [1.29, 1.82) is 0 Å². The third-order valence-corrected chi connectivity index (χ3v) is 4.71. The predicted octanol–water partition coefficient (Wildman–Crippen LogP) is 3.72. The molecule has 2 aromatic rings. The maximum Gasteiger partial charge on any atom is 0.431 e. The van der Waals surface area contributed by atoms with Gasteiger partial charge in [-0.1, -0.05) is 23.2 Å². The van der Waals surface area contributed by atoms with Crippen LogP contribution in [0.25, 0.3) is 5.69 Å². The van der Waals surface area contributed by atoms with Crippen molar-refractivity contribution in [3.8, 4) is 11.4 Å². The first-order valence-corrected chi connectivity index (χ1v) is 9.99. The van der Waals surface area contributed by atoms with Crippen LogP contribution in [0.15, 0.2) is 39.6 Å². The summed E-state index contributed by atoms with van der Waals surface area (Å²) in [6, 6.07) is 2.54. The standard InChI is InChI=1S/C20H19Cl2F3N2O6/c1-10(2)33-18(29)5-11(31-4)9-32-15-7-14(12(21)6-13(15)22)27-17(28)8-16(20(23,24)25)26(3)19(27)30/h5-8,10H,9H2,1-4H3/b11-5+. The Hall–Kier alpha value is -2.92. The van der Waals surface area contributed by atoms with Gasteiger partial charge in [0.15, 0.2) is 0 Å². The molecule has 0 amide bonds. The van der Waals surface area contributed by atoms with Crippen LogP contribution < -0.4 is 16.0 Å². The molecule has 0 spiro atoms. The summed E-state index contributed by atoms with van der Waals surface area (Å²) in [5.74, 6) is -0.686. The zero-order chi connectivity index (χ0) is 25.1. The van der Waals surface area contributed by atoms with E-state index in [1.807, 2.05) is 0 Å². The number of rotatable bonds is 7. The van der Waals surface area contributed by atoms with Gasteiger partial charge in [0.25, 0.3) is 5.56 Å². The average molecular weight is 511 g/mol. The minimum absolute atomic E-state index is 0.0271. The zero-order valence-corrected chi connectivity index (χ0v) is 19.3. The van der Waals surface area contributed by atoms with Crippen LogP contribution in [-0.2, 0) is 27.5 Å². The summed E-state index contributed by atoms with van der Waals surface area (Å²) in [6.45, 7) is 3.03. The maximum absolute atomic E-state index is 13.1. The molecule has 0 N–H and O–H groups in total. The van der Waals surface area contributed by atoms with Crippen LogP contribution in [0.4, 0.5) is 13.2 Å². The number of hydrogen-bond acceptors (Lipinski definition) is 6. The number of aromatic nitrogens is 2. The molecule has 1 aromatic carbocycles. The number of hydrogen-bond donors (Lipinski definition) is 0. The van der Waals surface area contributed by atoms with E-state index in [-0.39, 0.29) is 50.6 Å². The molecular weight excluding hydrogens is 492 g/mol. The van der Waals surface area contributed by atoms with Gasteiger partial charge in [-0.2, -0.15) is 13.2 Å². The van der Waals surface area contributed by atoms with Crippen molar-refractivity contribution in [2.75, 3.05) is 13.7 Å². The minimum Gasteiger partial charge on any atom is -0.497 e. The van der Waals surface area contributed by atoms with Gasteiger partial charge in [-0.3, -0.25) is 9.36 Å². The fourth-order valence-electron chi connectivity index (χ4n) is 2.63. The van der Waals surface area contributed by atoms with Crippen LogP contribution in [-0.4, -0.2) is 34.9 Å². The molecule has 0 unspecified atom stereocenters. The highest BCUT2D eigenvalue weighted by Crippen LogP contribution is 2.33. The Kier molecular flexibility index (Phi) is 8.25. The molecule has 0 atom stereocenters. The lowest BCUT2D eigenvalue weighted by Crippen LogP contribution is -2.40. The monoisotopic (exact) mass is 510 g/mol. The zero-order valence-electron chi connectivity index (χ0n) is 17.8. The number of methoxy groups -OCH3 is 1. The number of carbonyl (C=O) groups excluding carboxylic acids is 1. The number of nitrogens with zero attached hydrogens (tertiary/aromatic N) is 2. The molecule has 0 fully saturated rings. The fraction of sp³-hybridized carbons (Fsp3) is 0.350. The molecule has 8 nitrogen and oxygen atoms in total. The Morgan fingerprint density at radius 1 is 1.15 bits per heavy atom. The van der Waals surface area contributed by atoms with E-state index in [9.17, 15) is 27.6 Å². The van der Waals surface area contributed by atoms with E-state index in [2.05, 4.69) is 0 Å². The molecule has 180 valence electrons. The van der Waals surface area contributed by atoms with Gasteiger partial charge >= 0.3 is 17.8 Å². The molecule has 2 rings (SSSR count). The molecule has 0 aliphatic heterocycles. The average Bonchev–Trinajstić information content (AvgIpc) is 2.68. The largest absolute Gasteiger partial charge is 0.497 e. The fourth-order valence-corrected chi connectivity index (χ4v) is 3.15. The second-order valence-electron chi connectivity index (χ2n) is 6.87. The van der Waals surface area contributed by atoms with Crippen LogP contribution in [0.2, 0.25) is 10.0 Å². The molecule has 1 heterocycles. The number of benzene rings is 1. The van der Waals surface area contributed by atoms with Gasteiger partial charge in [0.05, 0.1) is 35.0 Å². The van der Waals surface area contributed by atoms with Crippen LogP contribution in [0, 0.1) is 0 Å². The van der Waals surface area contributed by atoms with Gasteiger partial charge in [-0.15, -0.1) is 0 Å². The third-order valence-electron chi connectivity index (χ3n) is 4.12. The second kappa shape index (κ2) is 10.3. The number of esters is 1. The summed E-state index contributed by atoms with van der Waals surface area (Å²) in [5, 5.41) is -0.213. The molecule has 0 bridgehead atoms. The van der Waals surface area contributed by atoms with E-state index in [0.29, 0.717) is 4.57 Å². The molecular formula is C20H19Cl2F3N2O6. The highest BCUT2D eigenvalue weighted by Gasteiger charge is 2.35. The lowest BCUT2D eigenvalue weighted by Gasteiger charge is -2.16. The van der Waals surface area contributed by atoms with Crippen LogP contribution in [0.5, 0.6) is 5.75 Å². The molecule has 0 saturated heterocycles. The van der Waals surface area contributed by atoms with Gasteiger partial charge in [0.1, 0.15) is 23.8 Å². The topological polar surface area (TPSA) is 88.8 Å². The van der Waals surface area contributed by atoms with Gasteiger partial charge in [0.2, 0.25) is 0 Å². The van der Waals surface area contributed by atoms with E-state index in [1.165, 1.54) is 7.11 Å². The lowest BCUT2D eigenvalue weighted by atomic mass is 10.2. The minimum atomic E-state index is -4.91. The van der Waals surface area contributed by atoms with Gasteiger partial charge in [0, 0.05) is 19.2 Å². The van der Waals surface area contributed by atoms with E-state index in [1.54, 1.807) is 13.8 Å². The van der Waals surface area contributed by atoms with Crippen molar-refractivity contribution in [2.45, 2.75) is 26.1 Å². The second-order valence-corrected chi connectivity index (χ2v) is 7.68. The first-order chi connectivity index (χ1) is 15.3. The van der Waals surface area contributed by atoms with Crippen LogP contribution in [0.3, 0.4) is 0 Å². The number of carbonyl (C=O) groups is 1. The Morgan fingerprint density at radius 2 is 1.79 bits per heavy atom. The first-order valence-electron chi connectivity index (χ1n) is 9.24. The molecule has 0 aliphatic carbocycles. The van der Waals surface area contributed by atoms with Crippen molar-refractivity contribution >= 4 is 29.2 Å². The Morgan fingerprint density at radius 3 is 2.33 bits per heavy atom. The molecule has 0 saturated carbocycles. The van der Waals surface area contributed by atoms with Crippen molar-refractivity contribution < 1.29 is 32.2 Å². The van der Waals surface area contributed by atoms with Gasteiger partial charge in [-0.05, 0) is 19.9 Å².